The molecule has 1 atom stereocenters. The van der Waals surface area contributed by atoms with Crippen molar-refractivity contribution in [3.05, 3.63) is 45.0 Å². The maximum Gasteiger partial charge on any atom is 0.263 e. The summed E-state index contributed by atoms with van der Waals surface area (Å²) in [6.07, 6.45) is 0. The van der Waals surface area contributed by atoms with Crippen LogP contribution in [0.5, 0.6) is 0 Å². The molecule has 0 saturated carbocycles. The number of fused-ring (bicyclic) bond motifs is 2. The van der Waals surface area contributed by atoms with E-state index in [1.165, 1.54) is 11.3 Å². The van der Waals surface area contributed by atoms with Gasteiger partial charge < -0.3 is 0 Å². The average molecular weight is 428 g/mol. The number of hydrogen-bond donors (Lipinski definition) is 0. The quantitative estimate of drug-likeness (QED) is 0.424. The van der Waals surface area contributed by atoms with E-state index >= 15 is 0 Å². The molecule has 0 unspecified atom stereocenters. The van der Waals surface area contributed by atoms with E-state index in [-0.39, 0.29) is 10.3 Å². The van der Waals surface area contributed by atoms with E-state index in [4.69, 9.17) is 16.6 Å². The largest absolute Gasteiger partial charge is 0.286 e. The van der Waals surface area contributed by atoms with Gasteiger partial charge in [0.2, 0.25) is 0 Å². The highest BCUT2D eigenvalue weighted by molar-refractivity contribution is 9.09. The maximum absolute atomic E-state index is 13.0. The van der Waals surface area contributed by atoms with Crippen molar-refractivity contribution in [2.45, 2.75) is 23.4 Å². The molecule has 1 aliphatic rings. The third kappa shape index (κ3) is 2.56. The predicted octanol–water partition coefficient (Wildman–Crippen LogP) is 5.04. The molecule has 4 rings (SSSR count). The molecular weight excluding hydrogens is 416 g/mol. The van der Waals surface area contributed by atoms with E-state index in [0.717, 1.165) is 26.4 Å². The SMILES string of the molecule is C[C@@]1(CBr)Cn2c(nc3scc(-c4ccc(Cl)cc4)c3c2=O)S1. The fraction of sp³-hybridized carbons (Fsp3) is 0.250. The number of halogens is 2. The van der Waals surface area contributed by atoms with Gasteiger partial charge in [0.1, 0.15) is 4.83 Å². The van der Waals surface area contributed by atoms with E-state index < -0.39 is 0 Å². The van der Waals surface area contributed by atoms with Crippen LogP contribution in [0.4, 0.5) is 0 Å². The second-order valence-corrected chi connectivity index (χ2v) is 9.22. The molecule has 0 saturated heterocycles. The van der Waals surface area contributed by atoms with Crippen LogP contribution < -0.4 is 5.56 Å². The lowest BCUT2D eigenvalue weighted by molar-refractivity contribution is 0.555. The van der Waals surface area contributed by atoms with Gasteiger partial charge in [-0.05, 0) is 24.6 Å². The van der Waals surface area contributed by atoms with Crippen LogP contribution in [-0.4, -0.2) is 19.6 Å². The second-order valence-electron chi connectivity index (χ2n) is 5.81. The molecule has 0 radical (unpaired) electrons. The third-order valence-electron chi connectivity index (χ3n) is 3.93. The molecule has 0 N–H and O–H groups in total. The molecule has 3 nitrogen and oxygen atoms in total. The van der Waals surface area contributed by atoms with Crippen LogP contribution in [0, 0.1) is 0 Å². The summed E-state index contributed by atoms with van der Waals surface area (Å²) >= 11 is 12.7. The first-order valence-electron chi connectivity index (χ1n) is 7.04. The smallest absolute Gasteiger partial charge is 0.263 e. The summed E-state index contributed by atoms with van der Waals surface area (Å²) < 4.78 is 1.78. The lowest BCUT2D eigenvalue weighted by atomic mass is 10.1. The van der Waals surface area contributed by atoms with Crippen molar-refractivity contribution in [3.63, 3.8) is 0 Å². The summed E-state index contributed by atoms with van der Waals surface area (Å²) in [5, 5.41) is 5.04. The Balaban J connectivity index is 1.93. The molecule has 3 heterocycles. The minimum Gasteiger partial charge on any atom is -0.286 e. The lowest BCUT2D eigenvalue weighted by Gasteiger charge is -2.16. The standard InChI is InChI=1S/C16H12BrClN2OS2/c1-16(7-17)8-20-14(21)12-11(9-2-4-10(18)5-3-9)6-22-13(12)19-15(20)23-16/h2-6H,7-8H2,1H3/t16-/m1/s1. The monoisotopic (exact) mass is 426 g/mol. The van der Waals surface area contributed by atoms with Gasteiger partial charge in [-0.2, -0.15) is 0 Å². The zero-order chi connectivity index (χ0) is 16.2. The summed E-state index contributed by atoms with van der Waals surface area (Å²) in [5.41, 5.74) is 1.98. The van der Waals surface area contributed by atoms with Gasteiger partial charge in [-0.1, -0.05) is 51.4 Å². The molecular formula is C16H12BrClN2OS2. The molecule has 7 heteroatoms. The normalized spacial score (nSPS) is 20.1. The minimum absolute atomic E-state index is 0.0247. The Hall–Kier alpha value is -0.820. The van der Waals surface area contributed by atoms with Gasteiger partial charge in [0.05, 0.1) is 5.39 Å². The number of alkyl halides is 1. The second kappa shape index (κ2) is 5.62. The topological polar surface area (TPSA) is 34.9 Å². The van der Waals surface area contributed by atoms with Crippen LogP contribution in [-0.2, 0) is 6.54 Å². The number of thioether (sulfide) groups is 1. The Morgan fingerprint density at radius 2 is 2.13 bits per heavy atom. The number of nitrogens with zero attached hydrogens (tertiary/aromatic N) is 2. The van der Waals surface area contributed by atoms with Crippen molar-refractivity contribution in [1.29, 1.82) is 0 Å². The predicted molar refractivity (Wildman–Crippen MR) is 102 cm³/mol. The van der Waals surface area contributed by atoms with E-state index in [1.54, 1.807) is 16.3 Å². The Labute approximate surface area is 154 Å². The summed E-state index contributed by atoms with van der Waals surface area (Å²) in [6, 6.07) is 7.57. The lowest BCUT2D eigenvalue weighted by Crippen LogP contribution is -2.28. The molecule has 0 bridgehead atoms. The van der Waals surface area contributed by atoms with Crippen LogP contribution in [0.25, 0.3) is 21.3 Å². The van der Waals surface area contributed by atoms with E-state index in [9.17, 15) is 4.79 Å². The van der Waals surface area contributed by atoms with Crippen molar-refractivity contribution >= 4 is 60.8 Å². The molecule has 0 amide bonds. The van der Waals surface area contributed by atoms with Crippen molar-refractivity contribution in [2.24, 2.45) is 0 Å². The van der Waals surface area contributed by atoms with Gasteiger partial charge in [-0.15, -0.1) is 11.3 Å². The fourth-order valence-corrected chi connectivity index (χ4v) is 5.45. The Morgan fingerprint density at radius 3 is 2.83 bits per heavy atom. The summed E-state index contributed by atoms with van der Waals surface area (Å²) in [5.74, 6) is 0. The van der Waals surface area contributed by atoms with Gasteiger partial charge in [-0.3, -0.25) is 9.36 Å². The molecule has 0 aliphatic carbocycles. The van der Waals surface area contributed by atoms with Crippen LogP contribution in [0.2, 0.25) is 5.02 Å². The Morgan fingerprint density at radius 1 is 1.39 bits per heavy atom. The molecule has 0 spiro atoms. The average Bonchev–Trinajstić information content (AvgIpc) is 3.10. The highest BCUT2D eigenvalue weighted by atomic mass is 79.9. The molecule has 0 fully saturated rings. The van der Waals surface area contributed by atoms with Crippen molar-refractivity contribution in [3.8, 4) is 11.1 Å². The highest BCUT2D eigenvalue weighted by Gasteiger charge is 2.35. The molecule has 1 aliphatic heterocycles. The van der Waals surface area contributed by atoms with Crippen LogP contribution >= 0.6 is 50.6 Å². The van der Waals surface area contributed by atoms with E-state index in [0.29, 0.717) is 17.0 Å². The van der Waals surface area contributed by atoms with Crippen molar-refractivity contribution in [1.82, 2.24) is 9.55 Å². The number of benzene rings is 1. The first kappa shape index (κ1) is 15.7. The zero-order valence-electron chi connectivity index (χ0n) is 12.2. The zero-order valence-corrected chi connectivity index (χ0v) is 16.2. The van der Waals surface area contributed by atoms with Crippen LogP contribution in [0.3, 0.4) is 0 Å². The van der Waals surface area contributed by atoms with Gasteiger partial charge in [0.15, 0.2) is 5.16 Å². The van der Waals surface area contributed by atoms with Gasteiger partial charge in [0, 0.05) is 32.6 Å². The summed E-state index contributed by atoms with van der Waals surface area (Å²) in [6.45, 7) is 2.82. The van der Waals surface area contributed by atoms with E-state index in [1.807, 2.05) is 29.6 Å². The highest BCUT2D eigenvalue weighted by Crippen LogP contribution is 2.42. The van der Waals surface area contributed by atoms with E-state index in [2.05, 4.69) is 22.9 Å². The summed E-state index contributed by atoms with van der Waals surface area (Å²) in [7, 11) is 0. The van der Waals surface area contributed by atoms with Crippen LogP contribution in [0.15, 0.2) is 39.6 Å². The number of rotatable bonds is 2. The molecule has 3 aromatic rings. The Bertz CT molecular complexity index is 967. The van der Waals surface area contributed by atoms with Crippen molar-refractivity contribution < 1.29 is 0 Å². The minimum atomic E-state index is -0.0247. The fourth-order valence-electron chi connectivity index (χ4n) is 2.72. The Kier molecular flexibility index (Phi) is 3.83. The number of thiophene rings is 1. The van der Waals surface area contributed by atoms with Gasteiger partial charge >= 0.3 is 0 Å². The number of aromatic nitrogens is 2. The third-order valence-corrected chi connectivity index (χ3v) is 7.92. The van der Waals surface area contributed by atoms with Gasteiger partial charge in [-0.25, -0.2) is 4.98 Å². The van der Waals surface area contributed by atoms with Gasteiger partial charge in [0.25, 0.3) is 5.56 Å². The van der Waals surface area contributed by atoms with Crippen molar-refractivity contribution in [2.75, 3.05) is 5.33 Å². The summed E-state index contributed by atoms with van der Waals surface area (Å²) in [4.78, 5) is 18.5. The number of hydrogen-bond acceptors (Lipinski definition) is 4. The molecule has 118 valence electrons. The first-order chi connectivity index (χ1) is 11.0. The molecule has 2 aromatic heterocycles. The molecule has 23 heavy (non-hydrogen) atoms. The molecule has 1 aromatic carbocycles. The van der Waals surface area contributed by atoms with Crippen LogP contribution in [0.1, 0.15) is 6.92 Å². The maximum atomic E-state index is 13.0. The first-order valence-corrected chi connectivity index (χ1v) is 10.2.